The van der Waals surface area contributed by atoms with Gasteiger partial charge < -0.3 is 9.47 Å². The number of hydrogen-bond acceptors (Lipinski definition) is 5. The maximum Gasteiger partial charge on any atom is 0.241 e. The fraction of sp³-hybridized carbons (Fsp3) is 0.429. The largest absolute Gasteiger partial charge is 0.356 e. The van der Waals surface area contributed by atoms with Crippen LogP contribution in [0, 0.1) is 0 Å². The van der Waals surface area contributed by atoms with Gasteiger partial charge in [-0.1, -0.05) is 0 Å². The molecule has 0 saturated carbocycles. The van der Waals surface area contributed by atoms with Crippen LogP contribution in [0.3, 0.4) is 0 Å². The van der Waals surface area contributed by atoms with Gasteiger partial charge in [-0.05, 0) is 32.0 Å². The molecule has 2 aromatic rings. The van der Waals surface area contributed by atoms with Crippen LogP contribution >= 0.6 is 0 Å². The number of hydrogen-bond donors (Lipinski definition) is 1. The van der Waals surface area contributed by atoms with E-state index in [9.17, 15) is 8.42 Å². The van der Waals surface area contributed by atoms with Crippen molar-refractivity contribution in [1.82, 2.24) is 19.3 Å². The lowest BCUT2D eigenvalue weighted by atomic mass is 10.1. The number of piperidine rings is 1. The van der Waals surface area contributed by atoms with Crippen LogP contribution in [0.4, 0.5) is 5.82 Å². The molecule has 7 nitrogen and oxygen atoms in total. The van der Waals surface area contributed by atoms with Gasteiger partial charge in [0.2, 0.25) is 10.0 Å². The highest BCUT2D eigenvalue weighted by Gasteiger charge is 2.21. The van der Waals surface area contributed by atoms with E-state index in [0.29, 0.717) is 6.04 Å². The molecule has 3 heterocycles. The summed E-state index contributed by atoms with van der Waals surface area (Å²) in [6, 6.07) is 3.83. The van der Waals surface area contributed by atoms with Crippen molar-refractivity contribution in [3.8, 4) is 0 Å². The normalized spacial score (nSPS) is 16.9. The van der Waals surface area contributed by atoms with Crippen molar-refractivity contribution in [2.24, 2.45) is 0 Å². The molecule has 1 aliphatic heterocycles. The smallest absolute Gasteiger partial charge is 0.241 e. The lowest BCUT2D eigenvalue weighted by molar-refractivity contribution is 0.394. The number of anilines is 1. The van der Waals surface area contributed by atoms with Crippen LogP contribution in [0.5, 0.6) is 0 Å². The van der Waals surface area contributed by atoms with Gasteiger partial charge in [0.1, 0.15) is 10.7 Å². The van der Waals surface area contributed by atoms with Gasteiger partial charge in [0.15, 0.2) is 0 Å². The fourth-order valence-corrected chi connectivity index (χ4v) is 3.39. The highest BCUT2D eigenvalue weighted by molar-refractivity contribution is 7.89. The highest BCUT2D eigenvalue weighted by atomic mass is 32.2. The zero-order valence-corrected chi connectivity index (χ0v) is 13.2. The molecule has 0 aliphatic carbocycles. The third-order valence-electron chi connectivity index (χ3n) is 4.03. The molecule has 118 valence electrons. The minimum absolute atomic E-state index is 0.187. The summed E-state index contributed by atoms with van der Waals surface area (Å²) in [5.74, 6) is 0.819. The third-order valence-corrected chi connectivity index (χ3v) is 5.43. The third kappa shape index (κ3) is 2.97. The van der Waals surface area contributed by atoms with Gasteiger partial charge in [-0.15, -0.1) is 0 Å². The van der Waals surface area contributed by atoms with E-state index in [1.54, 1.807) is 18.3 Å². The molecule has 0 amide bonds. The Morgan fingerprint density at radius 1 is 1.27 bits per heavy atom. The van der Waals surface area contributed by atoms with Crippen molar-refractivity contribution >= 4 is 15.8 Å². The zero-order valence-electron chi connectivity index (χ0n) is 12.4. The van der Waals surface area contributed by atoms with Crippen molar-refractivity contribution in [3.63, 3.8) is 0 Å². The summed E-state index contributed by atoms with van der Waals surface area (Å²) in [6.45, 7) is 1.79. The van der Waals surface area contributed by atoms with Crippen LogP contribution in [0.1, 0.15) is 18.9 Å². The van der Waals surface area contributed by atoms with Crippen LogP contribution in [0.25, 0.3) is 0 Å². The molecule has 1 N–H and O–H groups in total. The Morgan fingerprint density at radius 2 is 2.05 bits per heavy atom. The van der Waals surface area contributed by atoms with Gasteiger partial charge in [-0.25, -0.2) is 23.1 Å². The van der Waals surface area contributed by atoms with E-state index in [-0.39, 0.29) is 4.90 Å². The van der Waals surface area contributed by atoms with Crippen molar-refractivity contribution in [2.45, 2.75) is 23.8 Å². The van der Waals surface area contributed by atoms with Crippen molar-refractivity contribution in [3.05, 3.63) is 37.1 Å². The average molecular weight is 321 g/mol. The Morgan fingerprint density at radius 3 is 2.59 bits per heavy atom. The second-order valence-corrected chi connectivity index (χ2v) is 7.17. The van der Waals surface area contributed by atoms with Crippen LogP contribution in [0.15, 0.2) is 41.9 Å². The first-order valence-corrected chi connectivity index (χ1v) is 8.70. The molecule has 8 heteroatoms. The maximum absolute atomic E-state index is 11.7. The Balaban J connectivity index is 1.66. The lowest BCUT2D eigenvalue weighted by Gasteiger charge is -2.33. The molecular formula is C14H19N5O2S. The second-order valence-electron chi connectivity index (χ2n) is 5.29. The van der Waals surface area contributed by atoms with Gasteiger partial charge in [0.25, 0.3) is 0 Å². The Labute approximate surface area is 130 Å². The van der Waals surface area contributed by atoms with Gasteiger partial charge >= 0.3 is 0 Å². The van der Waals surface area contributed by atoms with Crippen LogP contribution in [-0.4, -0.2) is 43.1 Å². The predicted octanol–water partition coefficient (Wildman–Crippen LogP) is 1.03. The standard InChI is InChI=1S/C14H19N5O2S/c1-15-22(20,21)13-2-3-14(17-10-13)18-7-4-12(5-8-18)19-9-6-16-11-19/h2-3,6,9-12,15H,4-5,7-8H2,1H3. The maximum atomic E-state index is 11.7. The van der Waals surface area contributed by atoms with Crippen molar-refractivity contribution < 1.29 is 8.42 Å². The Bertz CT molecular complexity index is 704. The SMILES string of the molecule is CNS(=O)(=O)c1ccc(N2CCC(n3ccnc3)CC2)nc1. The summed E-state index contributed by atoms with van der Waals surface area (Å²) in [7, 11) is -2.03. The Kier molecular flexibility index (Phi) is 4.12. The van der Waals surface area contributed by atoms with Gasteiger partial charge in [-0.3, -0.25) is 0 Å². The number of nitrogens with zero attached hydrogens (tertiary/aromatic N) is 4. The van der Waals surface area contributed by atoms with E-state index in [1.165, 1.54) is 13.2 Å². The predicted molar refractivity (Wildman–Crippen MR) is 83.2 cm³/mol. The molecule has 0 unspecified atom stereocenters. The van der Waals surface area contributed by atoms with Crippen LogP contribution in [-0.2, 0) is 10.0 Å². The van der Waals surface area contributed by atoms with Gasteiger partial charge in [-0.2, -0.15) is 0 Å². The fourth-order valence-electron chi connectivity index (χ4n) is 2.71. The van der Waals surface area contributed by atoms with E-state index < -0.39 is 10.0 Å². The van der Waals surface area contributed by atoms with Crippen LogP contribution < -0.4 is 9.62 Å². The highest BCUT2D eigenvalue weighted by Crippen LogP contribution is 2.25. The van der Waals surface area contributed by atoms with Gasteiger partial charge in [0.05, 0.1) is 6.33 Å². The molecule has 0 radical (unpaired) electrons. The molecular weight excluding hydrogens is 302 g/mol. The summed E-state index contributed by atoms with van der Waals surface area (Å²) < 4.78 is 27.8. The molecule has 0 bridgehead atoms. The van der Waals surface area contributed by atoms with Gasteiger partial charge in [0, 0.05) is 37.7 Å². The van der Waals surface area contributed by atoms with E-state index in [1.807, 2.05) is 12.5 Å². The quantitative estimate of drug-likeness (QED) is 0.910. The minimum Gasteiger partial charge on any atom is -0.356 e. The van der Waals surface area contributed by atoms with Crippen molar-refractivity contribution in [2.75, 3.05) is 25.0 Å². The van der Waals surface area contributed by atoms with E-state index in [4.69, 9.17) is 0 Å². The molecule has 0 spiro atoms. The molecule has 22 heavy (non-hydrogen) atoms. The monoisotopic (exact) mass is 321 g/mol. The molecule has 1 saturated heterocycles. The molecule has 2 aromatic heterocycles. The number of nitrogens with one attached hydrogen (secondary N) is 1. The zero-order chi connectivity index (χ0) is 15.6. The topological polar surface area (TPSA) is 80.1 Å². The number of aromatic nitrogens is 3. The number of pyridine rings is 1. The van der Waals surface area contributed by atoms with E-state index in [2.05, 4.69) is 24.2 Å². The lowest BCUT2D eigenvalue weighted by Crippen LogP contribution is -2.35. The molecule has 1 aliphatic rings. The Hall–Kier alpha value is -1.93. The first kappa shape index (κ1) is 15.0. The summed E-state index contributed by atoms with van der Waals surface area (Å²) >= 11 is 0. The minimum atomic E-state index is -3.43. The second kappa shape index (κ2) is 6.05. The molecule has 3 rings (SSSR count). The van der Waals surface area contributed by atoms with Crippen LogP contribution in [0.2, 0.25) is 0 Å². The first-order valence-electron chi connectivity index (χ1n) is 7.22. The summed E-state index contributed by atoms with van der Waals surface area (Å²) in [4.78, 5) is 10.8. The number of rotatable bonds is 4. The van der Waals surface area contributed by atoms with E-state index >= 15 is 0 Å². The summed E-state index contributed by atoms with van der Waals surface area (Å²) in [5, 5.41) is 0. The first-order chi connectivity index (χ1) is 10.6. The van der Waals surface area contributed by atoms with E-state index in [0.717, 1.165) is 31.7 Å². The number of imidazole rings is 1. The molecule has 0 atom stereocenters. The summed E-state index contributed by atoms with van der Waals surface area (Å²) in [5.41, 5.74) is 0. The molecule has 0 aromatic carbocycles. The average Bonchev–Trinajstić information content (AvgIpc) is 3.10. The number of sulfonamides is 1. The van der Waals surface area contributed by atoms with Crippen molar-refractivity contribution in [1.29, 1.82) is 0 Å². The summed E-state index contributed by atoms with van der Waals surface area (Å²) in [6.07, 6.45) is 9.10. The molecule has 1 fully saturated rings.